The molecule has 1 heterocycles. The quantitative estimate of drug-likeness (QED) is 0.857. The minimum absolute atomic E-state index is 0.146. The van der Waals surface area contributed by atoms with Gasteiger partial charge in [-0.2, -0.15) is 4.98 Å². The van der Waals surface area contributed by atoms with Crippen molar-refractivity contribution in [3.05, 3.63) is 47.4 Å². The molecule has 2 aromatic rings. The van der Waals surface area contributed by atoms with E-state index in [1.807, 2.05) is 0 Å². The first kappa shape index (κ1) is 15.8. The lowest BCUT2D eigenvalue weighted by Gasteiger charge is -2.17. The molecular formula is C17H20FN3O2. The fourth-order valence-corrected chi connectivity index (χ4v) is 3.05. The van der Waals surface area contributed by atoms with Crippen molar-refractivity contribution >= 4 is 5.78 Å². The highest BCUT2D eigenvalue weighted by Crippen LogP contribution is 2.34. The molecule has 1 atom stereocenters. The lowest BCUT2D eigenvalue weighted by molar-refractivity contribution is 0.0923. The Balaban J connectivity index is 1.69. The topological polar surface area (TPSA) is 82.0 Å². The Bertz CT molecular complexity index is 707. The maximum absolute atomic E-state index is 13.2. The van der Waals surface area contributed by atoms with Crippen LogP contribution in [0, 0.1) is 11.7 Å². The number of carbonyl (C=O) groups is 1. The Morgan fingerprint density at radius 2 is 2.17 bits per heavy atom. The molecule has 2 N–H and O–H groups in total. The van der Waals surface area contributed by atoms with E-state index in [4.69, 9.17) is 10.3 Å². The van der Waals surface area contributed by atoms with Crippen LogP contribution in [0.1, 0.15) is 54.7 Å². The fourth-order valence-electron chi connectivity index (χ4n) is 3.05. The van der Waals surface area contributed by atoms with E-state index in [9.17, 15) is 9.18 Å². The SMILES string of the molecule is CC(Cc1nc(C2(N)CCCC2)no1)C(=O)c1cccc(F)c1. The van der Waals surface area contributed by atoms with Crippen molar-refractivity contribution in [3.63, 3.8) is 0 Å². The minimum Gasteiger partial charge on any atom is -0.339 e. The average Bonchev–Trinajstić information content (AvgIpc) is 3.16. The number of nitrogens with two attached hydrogens (primary N) is 1. The summed E-state index contributed by atoms with van der Waals surface area (Å²) in [6.45, 7) is 1.77. The largest absolute Gasteiger partial charge is 0.339 e. The van der Waals surface area contributed by atoms with Gasteiger partial charge in [-0.3, -0.25) is 4.79 Å². The molecule has 1 aromatic heterocycles. The number of Topliss-reactive ketones (excluding diaryl/α,β-unsaturated/α-hetero) is 1. The van der Waals surface area contributed by atoms with Gasteiger partial charge in [0, 0.05) is 17.9 Å². The van der Waals surface area contributed by atoms with Crippen LogP contribution in [0.4, 0.5) is 4.39 Å². The minimum atomic E-state index is -0.502. The van der Waals surface area contributed by atoms with Gasteiger partial charge in [-0.15, -0.1) is 0 Å². The van der Waals surface area contributed by atoms with Gasteiger partial charge in [0.25, 0.3) is 0 Å². The van der Waals surface area contributed by atoms with Crippen molar-refractivity contribution in [3.8, 4) is 0 Å². The van der Waals surface area contributed by atoms with Gasteiger partial charge in [0.15, 0.2) is 11.6 Å². The Labute approximate surface area is 134 Å². The van der Waals surface area contributed by atoms with Gasteiger partial charge in [-0.1, -0.05) is 37.1 Å². The summed E-state index contributed by atoms with van der Waals surface area (Å²) in [4.78, 5) is 16.7. The fraction of sp³-hybridized carbons (Fsp3) is 0.471. The Hall–Kier alpha value is -2.08. The van der Waals surface area contributed by atoms with Gasteiger partial charge in [0.2, 0.25) is 5.89 Å². The lowest BCUT2D eigenvalue weighted by atomic mass is 9.96. The van der Waals surface area contributed by atoms with E-state index in [0.29, 0.717) is 23.7 Å². The molecule has 1 aliphatic carbocycles. The summed E-state index contributed by atoms with van der Waals surface area (Å²) in [6.07, 6.45) is 4.15. The maximum Gasteiger partial charge on any atom is 0.227 e. The number of halogens is 1. The summed E-state index contributed by atoms with van der Waals surface area (Å²) in [5, 5.41) is 3.99. The van der Waals surface area contributed by atoms with Crippen LogP contribution in [0.15, 0.2) is 28.8 Å². The lowest BCUT2D eigenvalue weighted by Crippen LogP contribution is -2.34. The van der Waals surface area contributed by atoms with E-state index in [1.165, 1.54) is 18.2 Å². The van der Waals surface area contributed by atoms with E-state index in [-0.39, 0.29) is 11.7 Å². The molecular weight excluding hydrogens is 297 g/mol. The first-order chi connectivity index (χ1) is 11.0. The van der Waals surface area contributed by atoms with Gasteiger partial charge in [-0.25, -0.2) is 4.39 Å². The van der Waals surface area contributed by atoms with Crippen molar-refractivity contribution in [2.75, 3.05) is 0 Å². The summed E-state index contributed by atoms with van der Waals surface area (Å²) in [7, 11) is 0. The molecule has 0 saturated heterocycles. The number of hydrogen-bond donors (Lipinski definition) is 1. The zero-order valence-corrected chi connectivity index (χ0v) is 13.1. The average molecular weight is 317 g/mol. The van der Waals surface area contributed by atoms with Gasteiger partial charge in [0.05, 0.1) is 5.54 Å². The molecule has 1 fully saturated rings. The summed E-state index contributed by atoms with van der Waals surface area (Å²) >= 11 is 0. The molecule has 0 amide bonds. The highest BCUT2D eigenvalue weighted by molar-refractivity contribution is 5.97. The first-order valence-corrected chi connectivity index (χ1v) is 7.90. The molecule has 1 saturated carbocycles. The molecule has 5 nitrogen and oxygen atoms in total. The van der Waals surface area contributed by atoms with Crippen LogP contribution in [-0.2, 0) is 12.0 Å². The van der Waals surface area contributed by atoms with E-state index >= 15 is 0 Å². The molecule has 3 rings (SSSR count). The summed E-state index contributed by atoms with van der Waals surface area (Å²) < 4.78 is 18.5. The summed E-state index contributed by atoms with van der Waals surface area (Å²) in [6, 6.07) is 5.69. The standard InChI is InChI=1S/C17H20FN3O2/c1-11(15(22)12-5-4-6-13(18)10-12)9-14-20-16(21-23-14)17(19)7-2-3-8-17/h4-6,10-11H,2-3,7-9,19H2,1H3. The molecule has 6 heteroatoms. The van der Waals surface area contributed by atoms with Gasteiger partial charge in [0.1, 0.15) is 5.82 Å². The van der Waals surface area contributed by atoms with Crippen LogP contribution in [0.3, 0.4) is 0 Å². The predicted molar refractivity (Wildman–Crippen MR) is 82.2 cm³/mol. The summed E-state index contributed by atoms with van der Waals surface area (Å²) in [5.41, 5.74) is 6.15. The molecule has 23 heavy (non-hydrogen) atoms. The van der Waals surface area contributed by atoms with Crippen molar-refractivity contribution in [1.82, 2.24) is 10.1 Å². The third kappa shape index (κ3) is 3.32. The number of hydrogen-bond acceptors (Lipinski definition) is 5. The zero-order valence-electron chi connectivity index (χ0n) is 13.1. The van der Waals surface area contributed by atoms with Gasteiger partial charge >= 0.3 is 0 Å². The molecule has 0 bridgehead atoms. The smallest absolute Gasteiger partial charge is 0.227 e. The van der Waals surface area contributed by atoms with Crippen molar-refractivity contribution in [2.45, 2.75) is 44.6 Å². The second-order valence-corrected chi connectivity index (χ2v) is 6.35. The molecule has 1 aliphatic rings. The first-order valence-electron chi connectivity index (χ1n) is 7.90. The zero-order chi connectivity index (χ0) is 16.4. The Kier molecular flexibility index (Phi) is 4.26. The number of carbonyl (C=O) groups excluding carboxylic acids is 1. The Morgan fingerprint density at radius 1 is 1.43 bits per heavy atom. The van der Waals surface area contributed by atoms with Crippen LogP contribution >= 0.6 is 0 Å². The van der Waals surface area contributed by atoms with Crippen molar-refractivity contribution < 1.29 is 13.7 Å². The van der Waals surface area contributed by atoms with Crippen LogP contribution in [-0.4, -0.2) is 15.9 Å². The molecule has 0 radical (unpaired) electrons. The number of benzene rings is 1. The molecule has 1 aromatic carbocycles. The van der Waals surface area contributed by atoms with Crippen LogP contribution < -0.4 is 5.73 Å². The number of nitrogens with zero attached hydrogens (tertiary/aromatic N) is 2. The third-order valence-corrected chi connectivity index (χ3v) is 4.45. The van der Waals surface area contributed by atoms with E-state index in [1.54, 1.807) is 13.0 Å². The molecule has 0 spiro atoms. The number of rotatable bonds is 5. The molecule has 1 unspecified atom stereocenters. The second-order valence-electron chi connectivity index (χ2n) is 6.35. The number of aromatic nitrogens is 2. The second kappa shape index (κ2) is 6.20. The van der Waals surface area contributed by atoms with E-state index in [0.717, 1.165) is 25.7 Å². The summed E-state index contributed by atoms with van der Waals surface area (Å²) in [5.74, 6) is -0.0196. The number of ketones is 1. The van der Waals surface area contributed by atoms with Gasteiger partial charge in [-0.05, 0) is 25.0 Å². The van der Waals surface area contributed by atoms with E-state index < -0.39 is 11.4 Å². The van der Waals surface area contributed by atoms with Crippen LogP contribution in [0.5, 0.6) is 0 Å². The highest BCUT2D eigenvalue weighted by atomic mass is 19.1. The monoisotopic (exact) mass is 317 g/mol. The predicted octanol–water partition coefficient (Wildman–Crippen LogP) is 3.00. The van der Waals surface area contributed by atoms with Crippen molar-refractivity contribution in [1.29, 1.82) is 0 Å². The van der Waals surface area contributed by atoms with Crippen LogP contribution in [0.2, 0.25) is 0 Å². The highest BCUT2D eigenvalue weighted by Gasteiger charge is 2.36. The Morgan fingerprint density at radius 3 is 2.87 bits per heavy atom. The normalized spacial score (nSPS) is 18.0. The molecule has 122 valence electrons. The third-order valence-electron chi connectivity index (χ3n) is 4.45. The van der Waals surface area contributed by atoms with Crippen molar-refractivity contribution in [2.24, 2.45) is 11.7 Å². The maximum atomic E-state index is 13.2. The van der Waals surface area contributed by atoms with Gasteiger partial charge < -0.3 is 10.3 Å². The van der Waals surface area contributed by atoms with E-state index in [2.05, 4.69) is 10.1 Å². The molecule has 0 aliphatic heterocycles. The van der Waals surface area contributed by atoms with Crippen LogP contribution in [0.25, 0.3) is 0 Å².